The van der Waals surface area contributed by atoms with Gasteiger partial charge in [0.25, 0.3) is 11.3 Å². The summed E-state index contributed by atoms with van der Waals surface area (Å²) in [5.41, 5.74) is 3.50. The minimum atomic E-state index is -0.0959. The molecule has 0 radical (unpaired) electrons. The number of hydrogen-bond acceptors (Lipinski definition) is 4. The minimum absolute atomic E-state index is 0.00676. The maximum absolute atomic E-state index is 13.0. The average Bonchev–Trinajstić information content (AvgIpc) is 3.19. The topological polar surface area (TPSA) is 75.0 Å². The van der Waals surface area contributed by atoms with Crippen LogP contribution in [-0.4, -0.2) is 31.8 Å². The van der Waals surface area contributed by atoms with Gasteiger partial charge in [0, 0.05) is 11.6 Å². The first kappa shape index (κ1) is 16.6. The molecule has 1 N–H and O–H groups in total. The molecule has 4 aromatic rings. The lowest BCUT2D eigenvalue weighted by atomic mass is 10.1. The number of nitrogens with one attached hydrogen (secondary N) is 1. The Kier molecular flexibility index (Phi) is 4.12. The fourth-order valence-corrected chi connectivity index (χ4v) is 3.10. The van der Waals surface area contributed by atoms with E-state index in [1.54, 1.807) is 23.1 Å². The van der Waals surface area contributed by atoms with Gasteiger partial charge in [-0.15, -0.1) is 0 Å². The lowest BCUT2D eigenvalue weighted by molar-refractivity contribution is 0.0686. The van der Waals surface area contributed by atoms with Gasteiger partial charge < -0.3 is 14.3 Å². The Morgan fingerprint density at radius 1 is 1.19 bits per heavy atom. The molecule has 0 aliphatic rings. The van der Waals surface area contributed by atoms with E-state index in [1.807, 2.05) is 38.1 Å². The first-order valence-electron chi connectivity index (χ1n) is 8.32. The van der Waals surface area contributed by atoms with Gasteiger partial charge in [0.05, 0.1) is 17.6 Å². The number of amides is 1. The third kappa shape index (κ3) is 3.04. The Labute approximate surface area is 154 Å². The summed E-state index contributed by atoms with van der Waals surface area (Å²) in [5, 5.41) is 0.0626. The van der Waals surface area contributed by atoms with Crippen LogP contribution < -0.4 is 0 Å². The second kappa shape index (κ2) is 6.46. The van der Waals surface area contributed by atoms with E-state index in [0.29, 0.717) is 23.2 Å². The van der Waals surface area contributed by atoms with E-state index < -0.39 is 0 Å². The quantitative estimate of drug-likeness (QED) is 0.579. The molecule has 2 heterocycles. The summed E-state index contributed by atoms with van der Waals surface area (Å²) in [6.45, 7) is 4.35. The minimum Gasteiger partial charge on any atom is -0.428 e. The van der Waals surface area contributed by atoms with Gasteiger partial charge >= 0.3 is 0 Å². The third-order valence-electron chi connectivity index (χ3n) is 4.25. The zero-order valence-corrected chi connectivity index (χ0v) is 15.1. The molecule has 0 atom stereocenters. The molecule has 0 fully saturated rings. The third-order valence-corrected chi connectivity index (χ3v) is 4.41. The molecule has 0 saturated carbocycles. The van der Waals surface area contributed by atoms with Crippen LogP contribution in [0.3, 0.4) is 0 Å². The normalized spacial score (nSPS) is 11.5. The van der Waals surface area contributed by atoms with Crippen LogP contribution in [0.4, 0.5) is 0 Å². The molecular formula is C19H17ClN4O2. The van der Waals surface area contributed by atoms with Crippen molar-refractivity contribution in [1.82, 2.24) is 19.9 Å². The Balaban J connectivity index is 1.64. The molecule has 4 rings (SSSR count). The van der Waals surface area contributed by atoms with Crippen molar-refractivity contribution in [3.63, 3.8) is 0 Å². The first-order valence-corrected chi connectivity index (χ1v) is 8.70. The first-order chi connectivity index (χ1) is 12.5. The number of carbonyl (C=O) groups excluding carboxylic acids is 1. The summed E-state index contributed by atoms with van der Waals surface area (Å²) in [7, 11) is 0. The van der Waals surface area contributed by atoms with Crippen molar-refractivity contribution >= 4 is 39.6 Å². The van der Waals surface area contributed by atoms with Gasteiger partial charge in [-0.25, -0.2) is 4.98 Å². The number of carbonyl (C=O) groups is 1. The number of aromatic amines is 1. The number of halogens is 1. The maximum atomic E-state index is 13.0. The maximum Gasteiger partial charge on any atom is 0.293 e. The number of aromatic nitrogens is 3. The molecule has 0 aliphatic carbocycles. The standard InChI is InChI=1S/C19H17ClN4O2/c1-11(2)24(10-17-21-13-5-3-4-6-14(13)22-17)18(25)12-7-8-16-15(9-12)23-19(20)26-16/h3-9,11H,10H2,1-2H3,(H,21,22). The van der Waals surface area contributed by atoms with E-state index in [2.05, 4.69) is 15.0 Å². The van der Waals surface area contributed by atoms with Crippen LogP contribution >= 0.6 is 11.6 Å². The SMILES string of the molecule is CC(C)N(Cc1nc2ccccc2[nH]1)C(=O)c1ccc2oc(Cl)nc2c1. The number of fused-ring (bicyclic) bond motifs is 2. The van der Waals surface area contributed by atoms with E-state index in [0.717, 1.165) is 16.9 Å². The molecule has 132 valence electrons. The molecule has 26 heavy (non-hydrogen) atoms. The van der Waals surface area contributed by atoms with Crippen molar-refractivity contribution in [2.75, 3.05) is 0 Å². The van der Waals surface area contributed by atoms with Gasteiger partial charge in [-0.2, -0.15) is 4.98 Å². The predicted molar refractivity (Wildman–Crippen MR) is 100 cm³/mol. The zero-order chi connectivity index (χ0) is 18.3. The molecule has 2 aromatic heterocycles. The molecule has 0 unspecified atom stereocenters. The number of hydrogen-bond donors (Lipinski definition) is 1. The number of rotatable bonds is 4. The van der Waals surface area contributed by atoms with Crippen molar-refractivity contribution in [3.05, 3.63) is 59.2 Å². The second-order valence-electron chi connectivity index (χ2n) is 6.38. The number of nitrogens with zero attached hydrogens (tertiary/aromatic N) is 3. The van der Waals surface area contributed by atoms with Crippen LogP contribution in [0.15, 0.2) is 46.9 Å². The highest BCUT2D eigenvalue weighted by molar-refractivity contribution is 6.28. The van der Waals surface area contributed by atoms with Crippen LogP contribution in [0.25, 0.3) is 22.1 Å². The van der Waals surface area contributed by atoms with E-state index in [1.165, 1.54) is 0 Å². The molecule has 0 bridgehead atoms. The Hall–Kier alpha value is -2.86. The van der Waals surface area contributed by atoms with Gasteiger partial charge in [-0.05, 0) is 55.8 Å². The summed E-state index contributed by atoms with van der Waals surface area (Å²) >= 11 is 5.79. The molecule has 0 saturated heterocycles. The van der Waals surface area contributed by atoms with Gasteiger partial charge in [0.15, 0.2) is 5.58 Å². The van der Waals surface area contributed by atoms with Crippen molar-refractivity contribution in [2.45, 2.75) is 26.4 Å². The molecule has 7 heteroatoms. The van der Waals surface area contributed by atoms with E-state index in [9.17, 15) is 4.79 Å². The van der Waals surface area contributed by atoms with Crippen LogP contribution in [0.2, 0.25) is 5.35 Å². The molecular weight excluding hydrogens is 352 g/mol. The Morgan fingerprint density at radius 3 is 2.77 bits per heavy atom. The number of para-hydroxylation sites is 2. The Bertz CT molecular complexity index is 1070. The lowest BCUT2D eigenvalue weighted by Gasteiger charge is -2.26. The smallest absolute Gasteiger partial charge is 0.293 e. The highest BCUT2D eigenvalue weighted by Gasteiger charge is 2.21. The van der Waals surface area contributed by atoms with E-state index in [4.69, 9.17) is 16.0 Å². The predicted octanol–water partition coefficient (Wildman–Crippen LogP) is 4.41. The van der Waals surface area contributed by atoms with Crippen molar-refractivity contribution in [1.29, 1.82) is 0 Å². The fraction of sp³-hybridized carbons (Fsp3) is 0.211. The van der Waals surface area contributed by atoms with Crippen molar-refractivity contribution in [2.24, 2.45) is 0 Å². The number of imidazole rings is 1. The van der Waals surface area contributed by atoms with Gasteiger partial charge in [-0.1, -0.05) is 12.1 Å². The second-order valence-corrected chi connectivity index (χ2v) is 6.70. The van der Waals surface area contributed by atoms with Crippen LogP contribution in [0, 0.1) is 0 Å². The van der Waals surface area contributed by atoms with Crippen molar-refractivity contribution in [3.8, 4) is 0 Å². The summed E-state index contributed by atoms with van der Waals surface area (Å²) in [4.78, 5) is 26.7. The highest BCUT2D eigenvalue weighted by Crippen LogP contribution is 2.22. The van der Waals surface area contributed by atoms with Gasteiger partial charge in [0.2, 0.25) is 0 Å². The van der Waals surface area contributed by atoms with E-state index in [-0.39, 0.29) is 17.3 Å². The summed E-state index contributed by atoms with van der Waals surface area (Å²) in [6.07, 6.45) is 0. The molecule has 6 nitrogen and oxygen atoms in total. The largest absolute Gasteiger partial charge is 0.428 e. The van der Waals surface area contributed by atoms with E-state index >= 15 is 0 Å². The summed E-state index contributed by atoms with van der Waals surface area (Å²) < 4.78 is 5.25. The summed E-state index contributed by atoms with van der Waals surface area (Å²) in [6, 6.07) is 12.9. The van der Waals surface area contributed by atoms with Crippen LogP contribution in [0.1, 0.15) is 30.0 Å². The lowest BCUT2D eigenvalue weighted by Crippen LogP contribution is -2.36. The van der Waals surface area contributed by atoms with Crippen LogP contribution in [-0.2, 0) is 6.54 Å². The average molecular weight is 369 g/mol. The number of oxazole rings is 1. The van der Waals surface area contributed by atoms with Gasteiger partial charge in [0.1, 0.15) is 11.3 Å². The number of H-pyrrole nitrogens is 1. The Morgan fingerprint density at radius 2 is 2.00 bits per heavy atom. The zero-order valence-electron chi connectivity index (χ0n) is 14.4. The molecule has 0 aliphatic heterocycles. The van der Waals surface area contributed by atoms with Crippen LogP contribution in [0.5, 0.6) is 0 Å². The molecule has 0 spiro atoms. The molecule has 1 amide bonds. The fourth-order valence-electron chi connectivity index (χ4n) is 2.93. The monoisotopic (exact) mass is 368 g/mol. The number of benzene rings is 2. The molecule has 2 aromatic carbocycles. The summed E-state index contributed by atoms with van der Waals surface area (Å²) in [5.74, 6) is 0.653. The highest BCUT2D eigenvalue weighted by atomic mass is 35.5. The van der Waals surface area contributed by atoms with Gasteiger partial charge in [-0.3, -0.25) is 4.79 Å². The van der Waals surface area contributed by atoms with Crippen molar-refractivity contribution < 1.29 is 9.21 Å².